The van der Waals surface area contributed by atoms with Crippen LogP contribution in [0.3, 0.4) is 0 Å². The van der Waals surface area contributed by atoms with Crippen LogP contribution in [0.2, 0.25) is 0 Å². The lowest BCUT2D eigenvalue weighted by Gasteiger charge is -2.33. The molecule has 1 saturated heterocycles. The van der Waals surface area contributed by atoms with Gasteiger partial charge in [0.1, 0.15) is 24.3 Å². The van der Waals surface area contributed by atoms with Gasteiger partial charge in [-0.2, -0.15) is 5.26 Å². The van der Waals surface area contributed by atoms with E-state index in [1.807, 2.05) is 32.0 Å². The number of halogens is 1. The maximum absolute atomic E-state index is 13.9. The molecule has 9 nitrogen and oxygen atoms in total. The molecule has 10 heteroatoms. The summed E-state index contributed by atoms with van der Waals surface area (Å²) in [4.78, 5) is 55.1. The van der Waals surface area contributed by atoms with Crippen LogP contribution in [-0.4, -0.2) is 59.1 Å². The number of carbonyl (C=O) groups is 4. The first-order chi connectivity index (χ1) is 18.1. The Bertz CT molecular complexity index is 1320. The van der Waals surface area contributed by atoms with E-state index in [2.05, 4.69) is 16.7 Å². The van der Waals surface area contributed by atoms with Crippen molar-refractivity contribution in [1.29, 1.82) is 5.26 Å². The van der Waals surface area contributed by atoms with Gasteiger partial charge in [-0.1, -0.05) is 38.1 Å². The number of nitrogens with zero attached hydrogens (tertiary/aromatic N) is 3. The molecule has 2 aromatic carbocycles. The predicted molar refractivity (Wildman–Crippen MR) is 138 cm³/mol. The molecular formula is C28H30FN5O4. The molecule has 3 atom stereocenters. The molecule has 0 aliphatic carbocycles. The molecule has 4 amide bonds. The first kappa shape index (κ1) is 26.8. The van der Waals surface area contributed by atoms with Crippen molar-refractivity contribution in [3.8, 4) is 6.07 Å². The Morgan fingerprint density at radius 3 is 2.66 bits per heavy atom. The van der Waals surface area contributed by atoms with Crippen LogP contribution in [0.25, 0.3) is 0 Å². The number of hydrogen-bond acceptors (Lipinski definition) is 5. The van der Waals surface area contributed by atoms with E-state index in [1.54, 1.807) is 6.07 Å². The summed E-state index contributed by atoms with van der Waals surface area (Å²) in [5.41, 5.74) is 0.593. The van der Waals surface area contributed by atoms with E-state index >= 15 is 0 Å². The number of likely N-dealkylation sites (N-methyl/N-ethyl adjacent to an activating group) is 1. The van der Waals surface area contributed by atoms with Crippen molar-refractivity contribution >= 4 is 35.0 Å². The highest BCUT2D eigenvalue weighted by Crippen LogP contribution is 2.46. The zero-order chi connectivity index (χ0) is 27.6. The molecule has 0 saturated carbocycles. The highest BCUT2D eigenvalue weighted by molar-refractivity contribution is 6.08. The lowest BCUT2D eigenvalue weighted by molar-refractivity contribution is -0.146. The minimum Gasteiger partial charge on any atom is -0.333 e. The highest BCUT2D eigenvalue weighted by atomic mass is 19.1. The van der Waals surface area contributed by atoms with Crippen LogP contribution in [-0.2, 0) is 24.6 Å². The number of fused-ring (bicyclic) bond motifs is 2. The molecule has 2 aromatic rings. The highest BCUT2D eigenvalue weighted by Gasteiger charge is 2.56. The molecule has 0 aromatic heterocycles. The summed E-state index contributed by atoms with van der Waals surface area (Å²) in [7, 11) is 1.45. The first-order valence-corrected chi connectivity index (χ1v) is 12.5. The average molecular weight is 520 g/mol. The van der Waals surface area contributed by atoms with Gasteiger partial charge in [0.05, 0.1) is 11.5 Å². The van der Waals surface area contributed by atoms with Crippen molar-refractivity contribution in [3.63, 3.8) is 0 Å². The molecule has 0 unspecified atom stereocenters. The average Bonchev–Trinajstić information content (AvgIpc) is 3.39. The number of nitriles is 1. The molecule has 2 aliphatic rings. The van der Waals surface area contributed by atoms with E-state index in [9.17, 15) is 28.8 Å². The van der Waals surface area contributed by atoms with Gasteiger partial charge in [-0.25, -0.2) is 4.39 Å². The van der Waals surface area contributed by atoms with Gasteiger partial charge in [-0.05, 0) is 42.2 Å². The van der Waals surface area contributed by atoms with Crippen molar-refractivity contribution in [2.75, 3.05) is 24.2 Å². The molecule has 4 rings (SSSR count). The van der Waals surface area contributed by atoms with E-state index in [4.69, 9.17) is 0 Å². The van der Waals surface area contributed by atoms with Crippen molar-refractivity contribution in [3.05, 3.63) is 59.9 Å². The van der Waals surface area contributed by atoms with Crippen molar-refractivity contribution in [2.45, 2.75) is 50.6 Å². The summed E-state index contributed by atoms with van der Waals surface area (Å²) in [6.07, 6.45) is -0.0898. The Morgan fingerprint density at radius 2 is 1.97 bits per heavy atom. The fraction of sp³-hybridized carbons (Fsp3) is 0.393. The molecule has 1 spiro atoms. The summed E-state index contributed by atoms with van der Waals surface area (Å²) in [6.45, 7) is 3.83. The number of amides is 4. The van der Waals surface area contributed by atoms with E-state index in [1.165, 1.54) is 35.0 Å². The normalized spacial score (nSPS) is 20.6. The van der Waals surface area contributed by atoms with E-state index < -0.39 is 47.5 Å². The van der Waals surface area contributed by atoms with Crippen LogP contribution in [0.4, 0.5) is 15.8 Å². The smallest absolute Gasteiger partial charge is 0.246 e. The number of carbonyl (C=O) groups excluding carboxylic acids is 4. The van der Waals surface area contributed by atoms with Crippen LogP contribution in [0.15, 0.2) is 48.5 Å². The van der Waals surface area contributed by atoms with Gasteiger partial charge in [0.2, 0.25) is 23.6 Å². The Labute approximate surface area is 220 Å². The zero-order valence-electron chi connectivity index (χ0n) is 21.5. The fourth-order valence-electron chi connectivity index (χ4n) is 5.26. The minimum atomic E-state index is -1.04. The Morgan fingerprint density at radius 1 is 1.24 bits per heavy atom. The zero-order valence-corrected chi connectivity index (χ0v) is 21.5. The summed E-state index contributed by atoms with van der Waals surface area (Å²) < 4.78 is 13.4. The van der Waals surface area contributed by atoms with Gasteiger partial charge in [0, 0.05) is 31.4 Å². The van der Waals surface area contributed by atoms with E-state index in [-0.39, 0.29) is 30.5 Å². The summed E-state index contributed by atoms with van der Waals surface area (Å²) in [6, 6.07) is 12.9. The van der Waals surface area contributed by atoms with Crippen molar-refractivity contribution in [2.24, 2.45) is 5.92 Å². The number of nitrogens with one attached hydrogen (secondary N) is 2. The number of para-hydroxylation sites is 1. The Kier molecular flexibility index (Phi) is 7.49. The molecule has 2 aliphatic heterocycles. The van der Waals surface area contributed by atoms with Gasteiger partial charge >= 0.3 is 0 Å². The molecule has 0 bridgehead atoms. The monoisotopic (exact) mass is 519 g/mol. The van der Waals surface area contributed by atoms with Crippen LogP contribution < -0.4 is 10.6 Å². The molecule has 198 valence electrons. The number of rotatable bonds is 7. The van der Waals surface area contributed by atoms with Crippen LogP contribution in [0, 0.1) is 23.1 Å². The summed E-state index contributed by atoms with van der Waals surface area (Å²) >= 11 is 0. The largest absolute Gasteiger partial charge is 0.333 e. The molecule has 2 heterocycles. The molecule has 1 fully saturated rings. The van der Waals surface area contributed by atoms with Crippen LogP contribution in [0.1, 0.15) is 38.7 Å². The fourth-order valence-corrected chi connectivity index (χ4v) is 5.26. The predicted octanol–water partition coefficient (Wildman–Crippen LogP) is 3.04. The number of hydrogen-bond donors (Lipinski definition) is 2. The number of anilines is 2. The molecule has 0 radical (unpaired) electrons. The van der Waals surface area contributed by atoms with Gasteiger partial charge < -0.3 is 20.4 Å². The summed E-state index contributed by atoms with van der Waals surface area (Å²) in [5, 5.41) is 15.3. The lowest BCUT2D eigenvalue weighted by atomic mass is 9.80. The van der Waals surface area contributed by atoms with Gasteiger partial charge in [-0.15, -0.1) is 0 Å². The van der Waals surface area contributed by atoms with Gasteiger partial charge in [0.15, 0.2) is 0 Å². The van der Waals surface area contributed by atoms with Gasteiger partial charge in [0.25, 0.3) is 0 Å². The third kappa shape index (κ3) is 5.09. The molecule has 38 heavy (non-hydrogen) atoms. The maximum atomic E-state index is 13.9. The van der Waals surface area contributed by atoms with E-state index in [0.29, 0.717) is 12.1 Å². The second kappa shape index (κ2) is 10.6. The second-order valence-electron chi connectivity index (χ2n) is 10.3. The first-order valence-electron chi connectivity index (χ1n) is 12.5. The Hall–Kier alpha value is -4.26. The molecular weight excluding hydrogens is 489 g/mol. The topological polar surface area (TPSA) is 123 Å². The SMILES string of the molecule is CC(C)C[C@@H](C(=O)N1C[C@]2(C[C@H]1C#N)C(=O)Nc1ccccc12)N(C)C(=O)CC(=O)Nc1cccc(F)c1. The lowest BCUT2D eigenvalue weighted by Crippen LogP contribution is -2.52. The van der Waals surface area contributed by atoms with Crippen molar-refractivity contribution in [1.82, 2.24) is 9.80 Å². The van der Waals surface area contributed by atoms with Crippen LogP contribution >= 0.6 is 0 Å². The Balaban J connectivity index is 1.53. The number of benzene rings is 2. The minimum absolute atomic E-state index is 0.0175. The van der Waals surface area contributed by atoms with E-state index in [0.717, 1.165) is 11.6 Å². The molecule has 2 N–H and O–H groups in total. The van der Waals surface area contributed by atoms with Crippen molar-refractivity contribution < 1.29 is 23.6 Å². The third-order valence-electron chi connectivity index (χ3n) is 7.18. The maximum Gasteiger partial charge on any atom is 0.246 e. The standard InChI is InChI=1S/C28H30FN5O4/c1-17(2)11-23(33(3)25(36)13-24(35)31-19-8-6-7-18(29)12-19)26(37)34-16-28(14-20(34)15-30)21-9-4-5-10-22(21)32-27(28)38/h4-10,12,17,20,23H,11,13-14,16H2,1-3H3,(H,31,35)(H,32,38)/t20-,23-,28-/m0/s1. The van der Waals surface area contributed by atoms with Crippen LogP contribution in [0.5, 0.6) is 0 Å². The summed E-state index contributed by atoms with van der Waals surface area (Å²) in [5.74, 6) is -2.44. The van der Waals surface area contributed by atoms with Gasteiger partial charge in [-0.3, -0.25) is 19.2 Å². The third-order valence-corrected chi connectivity index (χ3v) is 7.18. The number of likely N-dealkylation sites (tertiary alicyclic amines) is 1. The quantitative estimate of drug-likeness (QED) is 0.545. The second-order valence-corrected chi connectivity index (χ2v) is 10.3.